The molecular formula is C19H23NO2. The van der Waals surface area contributed by atoms with Gasteiger partial charge in [-0.15, -0.1) is 5.92 Å². The molecule has 0 atom stereocenters. The molecule has 1 heterocycles. The second-order valence-corrected chi connectivity index (χ2v) is 5.22. The van der Waals surface area contributed by atoms with Gasteiger partial charge in [0, 0.05) is 17.5 Å². The lowest BCUT2D eigenvalue weighted by Crippen LogP contribution is -2.02. The Hall–Kier alpha value is -2.18. The number of nitrogens with zero attached hydrogens (tertiary/aromatic N) is 1. The van der Waals surface area contributed by atoms with Crippen LogP contribution in [0.4, 0.5) is 0 Å². The van der Waals surface area contributed by atoms with E-state index in [0.717, 1.165) is 12.3 Å². The van der Waals surface area contributed by atoms with Gasteiger partial charge in [0.05, 0.1) is 20.3 Å². The fraction of sp³-hybridized carbons (Fsp3) is 0.368. The average Bonchev–Trinajstić information content (AvgIpc) is 2.80. The summed E-state index contributed by atoms with van der Waals surface area (Å²) in [7, 11) is 1.71. The number of rotatable bonds is 6. The molecule has 0 aliphatic carbocycles. The van der Waals surface area contributed by atoms with E-state index in [9.17, 15) is 0 Å². The topological polar surface area (TPSA) is 23.4 Å². The molecule has 0 spiro atoms. The van der Waals surface area contributed by atoms with Crippen molar-refractivity contribution in [3.8, 4) is 17.6 Å². The van der Waals surface area contributed by atoms with Gasteiger partial charge in [-0.3, -0.25) is 0 Å². The van der Waals surface area contributed by atoms with Crippen molar-refractivity contribution in [2.45, 2.75) is 33.9 Å². The lowest BCUT2D eigenvalue weighted by molar-refractivity contribution is 0.153. The molecule has 1 aromatic carbocycles. The number of methoxy groups -OCH3 is 1. The molecule has 0 fully saturated rings. The smallest absolute Gasteiger partial charge is 0.123 e. The predicted molar refractivity (Wildman–Crippen MR) is 89.1 cm³/mol. The van der Waals surface area contributed by atoms with Gasteiger partial charge in [-0.25, -0.2) is 0 Å². The van der Waals surface area contributed by atoms with Gasteiger partial charge in [0.2, 0.25) is 0 Å². The zero-order valence-electron chi connectivity index (χ0n) is 13.8. The number of aromatic nitrogens is 1. The molecule has 0 amide bonds. The van der Waals surface area contributed by atoms with Crippen LogP contribution < -0.4 is 4.74 Å². The SMILES string of the molecule is CC#CCOCc1cn(Cc2ccccc2OC)c(C)c1C. The van der Waals surface area contributed by atoms with Crippen LogP contribution in [0.3, 0.4) is 0 Å². The van der Waals surface area contributed by atoms with Gasteiger partial charge < -0.3 is 14.0 Å². The van der Waals surface area contributed by atoms with E-state index < -0.39 is 0 Å². The van der Waals surface area contributed by atoms with Crippen molar-refractivity contribution in [2.24, 2.45) is 0 Å². The zero-order chi connectivity index (χ0) is 15.9. The highest BCUT2D eigenvalue weighted by atomic mass is 16.5. The van der Waals surface area contributed by atoms with Crippen LogP contribution in [0, 0.1) is 25.7 Å². The van der Waals surface area contributed by atoms with Crippen LogP contribution in [-0.4, -0.2) is 18.3 Å². The Morgan fingerprint density at radius 2 is 1.91 bits per heavy atom. The zero-order valence-corrected chi connectivity index (χ0v) is 13.8. The van der Waals surface area contributed by atoms with Crippen molar-refractivity contribution in [3.05, 3.63) is 52.8 Å². The van der Waals surface area contributed by atoms with E-state index in [1.165, 1.54) is 22.4 Å². The number of hydrogen-bond donors (Lipinski definition) is 0. The number of ether oxygens (including phenoxy) is 2. The minimum absolute atomic E-state index is 0.479. The normalized spacial score (nSPS) is 10.2. The summed E-state index contributed by atoms with van der Waals surface area (Å²) >= 11 is 0. The summed E-state index contributed by atoms with van der Waals surface area (Å²) in [5.41, 5.74) is 4.92. The highest BCUT2D eigenvalue weighted by Gasteiger charge is 2.11. The summed E-state index contributed by atoms with van der Waals surface area (Å²) in [6.07, 6.45) is 2.16. The van der Waals surface area contributed by atoms with Crippen LogP contribution >= 0.6 is 0 Å². The predicted octanol–water partition coefficient (Wildman–Crippen LogP) is 3.70. The van der Waals surface area contributed by atoms with Gasteiger partial charge in [-0.2, -0.15) is 0 Å². The largest absolute Gasteiger partial charge is 0.496 e. The van der Waals surface area contributed by atoms with Crippen LogP contribution in [0.2, 0.25) is 0 Å². The minimum Gasteiger partial charge on any atom is -0.496 e. The third kappa shape index (κ3) is 3.72. The lowest BCUT2D eigenvalue weighted by atomic mass is 10.2. The Morgan fingerprint density at radius 1 is 1.14 bits per heavy atom. The first-order valence-corrected chi connectivity index (χ1v) is 7.41. The van der Waals surface area contributed by atoms with Crippen molar-refractivity contribution in [1.29, 1.82) is 0 Å². The molecule has 0 bridgehead atoms. The number of hydrogen-bond acceptors (Lipinski definition) is 2. The molecule has 0 saturated heterocycles. The van der Waals surface area contributed by atoms with Crippen LogP contribution in [0.15, 0.2) is 30.5 Å². The summed E-state index contributed by atoms with van der Waals surface area (Å²) in [5.74, 6) is 6.68. The molecule has 2 aromatic rings. The van der Waals surface area contributed by atoms with E-state index in [-0.39, 0.29) is 0 Å². The van der Waals surface area contributed by atoms with Gasteiger partial charge >= 0.3 is 0 Å². The second-order valence-electron chi connectivity index (χ2n) is 5.22. The van der Waals surface area contributed by atoms with Gasteiger partial charge in [-0.05, 0) is 38.0 Å². The van der Waals surface area contributed by atoms with E-state index >= 15 is 0 Å². The van der Waals surface area contributed by atoms with Crippen LogP contribution in [-0.2, 0) is 17.9 Å². The third-order valence-corrected chi connectivity index (χ3v) is 3.91. The third-order valence-electron chi connectivity index (χ3n) is 3.91. The Balaban J connectivity index is 2.16. The number of para-hydroxylation sites is 1. The Bertz CT molecular complexity index is 689. The first-order valence-electron chi connectivity index (χ1n) is 7.41. The summed E-state index contributed by atoms with van der Waals surface area (Å²) in [5, 5.41) is 0. The fourth-order valence-corrected chi connectivity index (χ4v) is 2.44. The summed E-state index contributed by atoms with van der Waals surface area (Å²) < 4.78 is 13.3. The molecule has 22 heavy (non-hydrogen) atoms. The molecule has 0 radical (unpaired) electrons. The second kappa shape index (κ2) is 7.72. The van der Waals surface area contributed by atoms with Gasteiger partial charge in [-0.1, -0.05) is 24.1 Å². The van der Waals surface area contributed by atoms with Crippen molar-refractivity contribution in [3.63, 3.8) is 0 Å². The molecule has 0 unspecified atom stereocenters. The lowest BCUT2D eigenvalue weighted by Gasteiger charge is -2.10. The quantitative estimate of drug-likeness (QED) is 0.599. The van der Waals surface area contributed by atoms with Crippen molar-refractivity contribution >= 4 is 0 Å². The molecule has 3 heteroatoms. The van der Waals surface area contributed by atoms with E-state index in [2.05, 4.69) is 42.5 Å². The maximum Gasteiger partial charge on any atom is 0.123 e. The molecule has 0 aliphatic heterocycles. The van der Waals surface area contributed by atoms with E-state index in [1.807, 2.05) is 25.1 Å². The number of benzene rings is 1. The molecule has 0 aliphatic rings. The first kappa shape index (κ1) is 16.2. The van der Waals surface area contributed by atoms with E-state index in [1.54, 1.807) is 7.11 Å². The van der Waals surface area contributed by atoms with Gasteiger partial charge in [0.25, 0.3) is 0 Å². The molecule has 116 valence electrons. The summed E-state index contributed by atoms with van der Waals surface area (Å²) in [4.78, 5) is 0. The molecular weight excluding hydrogens is 274 g/mol. The van der Waals surface area contributed by atoms with Crippen LogP contribution in [0.25, 0.3) is 0 Å². The van der Waals surface area contributed by atoms with Crippen molar-refractivity contribution < 1.29 is 9.47 Å². The standard InChI is InChI=1S/C19H23NO2/c1-5-6-11-22-14-18-13-20(16(3)15(18)2)12-17-9-7-8-10-19(17)21-4/h7-10,13H,11-12,14H2,1-4H3. The van der Waals surface area contributed by atoms with Gasteiger partial charge in [0.15, 0.2) is 0 Å². The Labute approximate surface area is 132 Å². The maximum absolute atomic E-state index is 5.59. The van der Waals surface area contributed by atoms with E-state index in [4.69, 9.17) is 9.47 Å². The Morgan fingerprint density at radius 3 is 2.64 bits per heavy atom. The fourth-order valence-electron chi connectivity index (χ4n) is 2.44. The molecule has 1 aromatic heterocycles. The highest BCUT2D eigenvalue weighted by molar-refractivity contribution is 5.36. The van der Waals surface area contributed by atoms with E-state index in [0.29, 0.717) is 13.2 Å². The summed E-state index contributed by atoms with van der Waals surface area (Å²) in [6.45, 7) is 7.97. The maximum atomic E-state index is 5.59. The highest BCUT2D eigenvalue weighted by Crippen LogP contribution is 2.22. The Kier molecular flexibility index (Phi) is 5.68. The van der Waals surface area contributed by atoms with Crippen molar-refractivity contribution in [1.82, 2.24) is 4.57 Å². The molecule has 0 saturated carbocycles. The summed E-state index contributed by atoms with van der Waals surface area (Å²) in [6, 6.07) is 8.12. The molecule has 3 nitrogen and oxygen atoms in total. The molecule has 0 N–H and O–H groups in total. The van der Waals surface area contributed by atoms with Crippen LogP contribution in [0.1, 0.15) is 29.3 Å². The molecule has 2 rings (SSSR count). The minimum atomic E-state index is 0.479. The monoisotopic (exact) mass is 297 g/mol. The van der Waals surface area contributed by atoms with Crippen molar-refractivity contribution in [2.75, 3.05) is 13.7 Å². The average molecular weight is 297 g/mol. The van der Waals surface area contributed by atoms with Gasteiger partial charge in [0.1, 0.15) is 12.4 Å². The van der Waals surface area contributed by atoms with Crippen LogP contribution in [0.5, 0.6) is 5.75 Å². The first-order chi connectivity index (χ1) is 10.7.